The summed E-state index contributed by atoms with van der Waals surface area (Å²) in [6.45, 7) is 10.5. The summed E-state index contributed by atoms with van der Waals surface area (Å²) in [4.78, 5) is 14.9. The van der Waals surface area contributed by atoms with Crippen LogP contribution in [-0.2, 0) is 13.0 Å². The Morgan fingerprint density at radius 2 is 1.96 bits per heavy atom. The fourth-order valence-corrected chi connectivity index (χ4v) is 3.06. The Kier molecular flexibility index (Phi) is 9.20. The van der Waals surface area contributed by atoms with Gasteiger partial charge in [-0.15, -0.1) is 35.3 Å². The predicted octanol–water partition coefficient (Wildman–Crippen LogP) is 3.38. The summed E-state index contributed by atoms with van der Waals surface area (Å²) in [5, 5.41) is 7.80. The van der Waals surface area contributed by atoms with Gasteiger partial charge in [0.1, 0.15) is 0 Å². The second-order valence-electron chi connectivity index (χ2n) is 5.39. The number of aliphatic imine (C=N–C) groups is 1. The lowest BCUT2D eigenvalue weighted by Gasteiger charge is -2.10. The largest absolute Gasteiger partial charge is 0.357 e. The molecule has 0 amide bonds. The Bertz CT molecular complexity index is 649. The molecule has 0 saturated carbocycles. The van der Waals surface area contributed by atoms with Crippen molar-refractivity contribution in [1.29, 1.82) is 0 Å². The molecule has 0 bridgehead atoms. The molecule has 0 aliphatic rings. The summed E-state index contributed by atoms with van der Waals surface area (Å²) in [6, 6.07) is 6.01. The Hall–Kier alpha value is -1.22. The van der Waals surface area contributed by atoms with E-state index in [2.05, 4.69) is 46.4 Å². The van der Waals surface area contributed by atoms with Crippen molar-refractivity contribution in [2.75, 3.05) is 13.1 Å². The van der Waals surface area contributed by atoms with Crippen molar-refractivity contribution in [3.63, 3.8) is 0 Å². The van der Waals surface area contributed by atoms with E-state index in [9.17, 15) is 0 Å². The van der Waals surface area contributed by atoms with Crippen LogP contribution in [0.3, 0.4) is 0 Å². The summed E-state index contributed by atoms with van der Waals surface area (Å²) in [5.41, 5.74) is 3.13. The SMILES string of the molecule is CCNC(=NCc1cccc(C)n1)NCCc1nc(C)c(C)s1.I. The Labute approximate surface area is 165 Å². The summed E-state index contributed by atoms with van der Waals surface area (Å²) < 4.78 is 0. The number of aryl methyl sites for hydroxylation is 3. The van der Waals surface area contributed by atoms with E-state index in [-0.39, 0.29) is 24.0 Å². The van der Waals surface area contributed by atoms with Crippen LogP contribution in [0.15, 0.2) is 23.2 Å². The molecule has 0 atom stereocenters. The molecule has 7 heteroatoms. The molecule has 2 aromatic rings. The lowest BCUT2D eigenvalue weighted by Crippen LogP contribution is -2.38. The van der Waals surface area contributed by atoms with Crippen LogP contribution in [0.25, 0.3) is 0 Å². The number of hydrogen-bond acceptors (Lipinski definition) is 4. The van der Waals surface area contributed by atoms with Gasteiger partial charge < -0.3 is 10.6 Å². The highest BCUT2D eigenvalue weighted by molar-refractivity contribution is 14.0. The molecule has 2 heterocycles. The van der Waals surface area contributed by atoms with Crippen molar-refractivity contribution in [1.82, 2.24) is 20.6 Å². The lowest BCUT2D eigenvalue weighted by molar-refractivity contribution is 0.792. The minimum atomic E-state index is 0. The van der Waals surface area contributed by atoms with Gasteiger partial charge in [-0.3, -0.25) is 4.98 Å². The third kappa shape index (κ3) is 6.72. The number of guanidine groups is 1. The number of pyridine rings is 1. The maximum atomic E-state index is 4.59. The van der Waals surface area contributed by atoms with Gasteiger partial charge in [0.25, 0.3) is 0 Å². The molecular weight excluding hydrogens is 433 g/mol. The average molecular weight is 459 g/mol. The number of hydrogen-bond donors (Lipinski definition) is 2. The molecular formula is C17H26IN5S. The highest BCUT2D eigenvalue weighted by Gasteiger charge is 2.04. The Balaban J connectivity index is 0.00000288. The van der Waals surface area contributed by atoms with Crippen LogP contribution in [0.4, 0.5) is 0 Å². The van der Waals surface area contributed by atoms with Gasteiger partial charge in [0.05, 0.1) is 22.9 Å². The Morgan fingerprint density at radius 1 is 1.17 bits per heavy atom. The molecule has 2 aromatic heterocycles. The summed E-state index contributed by atoms with van der Waals surface area (Å²) in [5.74, 6) is 0.820. The molecule has 0 fully saturated rings. The van der Waals surface area contributed by atoms with Gasteiger partial charge in [-0.05, 0) is 39.8 Å². The minimum Gasteiger partial charge on any atom is -0.357 e. The number of thiazole rings is 1. The van der Waals surface area contributed by atoms with Gasteiger partial charge in [-0.1, -0.05) is 6.07 Å². The van der Waals surface area contributed by atoms with Crippen molar-refractivity contribution >= 4 is 41.3 Å². The molecule has 24 heavy (non-hydrogen) atoms. The van der Waals surface area contributed by atoms with Crippen LogP contribution in [0.1, 0.15) is 33.9 Å². The fraction of sp³-hybridized carbons (Fsp3) is 0.471. The first-order valence-corrected chi connectivity index (χ1v) is 8.77. The number of nitrogens with one attached hydrogen (secondary N) is 2. The normalized spacial score (nSPS) is 11.1. The van der Waals surface area contributed by atoms with Crippen molar-refractivity contribution in [2.24, 2.45) is 4.99 Å². The van der Waals surface area contributed by atoms with E-state index in [1.807, 2.05) is 25.1 Å². The predicted molar refractivity (Wildman–Crippen MR) is 112 cm³/mol. The van der Waals surface area contributed by atoms with Gasteiger partial charge in [-0.25, -0.2) is 9.98 Å². The second-order valence-corrected chi connectivity index (χ2v) is 6.68. The monoisotopic (exact) mass is 459 g/mol. The van der Waals surface area contributed by atoms with Gasteiger partial charge >= 0.3 is 0 Å². The smallest absolute Gasteiger partial charge is 0.191 e. The van der Waals surface area contributed by atoms with Gasteiger partial charge in [0, 0.05) is 30.1 Å². The van der Waals surface area contributed by atoms with E-state index in [0.29, 0.717) is 6.54 Å². The molecule has 0 aliphatic heterocycles. The fourth-order valence-electron chi connectivity index (χ4n) is 2.12. The van der Waals surface area contributed by atoms with Crippen molar-refractivity contribution in [3.05, 3.63) is 45.2 Å². The maximum absolute atomic E-state index is 4.59. The van der Waals surface area contributed by atoms with E-state index in [1.165, 1.54) is 9.88 Å². The zero-order valence-electron chi connectivity index (χ0n) is 14.7. The highest BCUT2D eigenvalue weighted by Crippen LogP contribution is 2.16. The zero-order chi connectivity index (χ0) is 16.7. The minimum absolute atomic E-state index is 0. The van der Waals surface area contributed by atoms with Crippen LogP contribution in [0.5, 0.6) is 0 Å². The van der Waals surface area contributed by atoms with Crippen LogP contribution in [0.2, 0.25) is 0 Å². The summed E-state index contributed by atoms with van der Waals surface area (Å²) in [7, 11) is 0. The van der Waals surface area contributed by atoms with Crippen molar-refractivity contribution in [2.45, 2.75) is 40.7 Å². The number of aromatic nitrogens is 2. The first kappa shape index (κ1) is 20.8. The molecule has 0 aromatic carbocycles. The third-order valence-corrected chi connectivity index (χ3v) is 4.53. The van der Waals surface area contributed by atoms with Crippen molar-refractivity contribution in [3.8, 4) is 0 Å². The molecule has 0 saturated heterocycles. The molecule has 132 valence electrons. The van der Waals surface area contributed by atoms with Gasteiger partial charge in [0.15, 0.2) is 5.96 Å². The molecule has 0 aliphatic carbocycles. The van der Waals surface area contributed by atoms with Gasteiger partial charge in [-0.2, -0.15) is 0 Å². The molecule has 0 spiro atoms. The Morgan fingerprint density at radius 3 is 2.58 bits per heavy atom. The van der Waals surface area contributed by atoms with E-state index in [0.717, 1.165) is 42.6 Å². The van der Waals surface area contributed by atoms with E-state index >= 15 is 0 Å². The second kappa shape index (κ2) is 10.6. The summed E-state index contributed by atoms with van der Waals surface area (Å²) in [6.07, 6.45) is 0.909. The molecule has 0 unspecified atom stereocenters. The quantitative estimate of drug-likeness (QED) is 0.395. The van der Waals surface area contributed by atoms with Crippen LogP contribution < -0.4 is 10.6 Å². The number of nitrogens with zero attached hydrogens (tertiary/aromatic N) is 3. The van der Waals surface area contributed by atoms with Crippen LogP contribution in [-0.4, -0.2) is 29.0 Å². The highest BCUT2D eigenvalue weighted by atomic mass is 127. The summed E-state index contributed by atoms with van der Waals surface area (Å²) >= 11 is 1.77. The van der Waals surface area contributed by atoms with E-state index in [4.69, 9.17) is 0 Å². The molecule has 0 radical (unpaired) electrons. The number of halogens is 1. The molecule has 2 N–H and O–H groups in total. The number of rotatable bonds is 6. The maximum Gasteiger partial charge on any atom is 0.191 e. The first-order valence-electron chi connectivity index (χ1n) is 7.96. The van der Waals surface area contributed by atoms with Gasteiger partial charge in [0.2, 0.25) is 0 Å². The lowest BCUT2D eigenvalue weighted by atomic mass is 10.3. The molecule has 2 rings (SSSR count). The van der Waals surface area contributed by atoms with E-state index < -0.39 is 0 Å². The van der Waals surface area contributed by atoms with Crippen LogP contribution in [0, 0.1) is 20.8 Å². The zero-order valence-corrected chi connectivity index (χ0v) is 17.9. The van der Waals surface area contributed by atoms with Crippen LogP contribution >= 0.6 is 35.3 Å². The third-order valence-electron chi connectivity index (χ3n) is 3.39. The average Bonchev–Trinajstić information content (AvgIpc) is 2.83. The van der Waals surface area contributed by atoms with E-state index in [1.54, 1.807) is 11.3 Å². The first-order chi connectivity index (χ1) is 11.1. The standard InChI is InChI=1S/C17H25N5S.HI/c1-5-18-17(20-11-15-8-6-7-12(2)21-15)19-10-9-16-22-13(3)14(4)23-16;/h6-8H,5,9-11H2,1-4H3,(H2,18,19,20);1H. The topological polar surface area (TPSA) is 62.2 Å². The van der Waals surface area contributed by atoms with Crippen molar-refractivity contribution < 1.29 is 0 Å². The molecule has 5 nitrogen and oxygen atoms in total.